The molecule has 5 heteroatoms. The summed E-state index contributed by atoms with van der Waals surface area (Å²) in [6, 6.07) is 4.54. The van der Waals surface area contributed by atoms with Crippen LogP contribution >= 0.6 is 28.3 Å². The van der Waals surface area contributed by atoms with E-state index < -0.39 is 0 Å². The summed E-state index contributed by atoms with van der Waals surface area (Å²) in [5.74, 6) is 0. The van der Waals surface area contributed by atoms with Gasteiger partial charge in [-0.25, -0.2) is 4.98 Å². The summed E-state index contributed by atoms with van der Waals surface area (Å²) in [6.45, 7) is 3.09. The minimum atomic E-state index is 0. The molecule has 1 aliphatic heterocycles. The molecule has 2 rings (SSSR count). The van der Waals surface area contributed by atoms with Crippen molar-refractivity contribution in [3.63, 3.8) is 0 Å². The molecule has 78 valence electrons. The van der Waals surface area contributed by atoms with Crippen molar-refractivity contribution in [2.75, 3.05) is 19.6 Å². The van der Waals surface area contributed by atoms with Crippen LogP contribution in [0.4, 0.5) is 0 Å². The molecule has 2 N–H and O–H groups in total. The lowest BCUT2D eigenvalue weighted by atomic mass is 10.1. The van der Waals surface area contributed by atoms with Crippen LogP contribution in [0.3, 0.4) is 0 Å². The van der Waals surface area contributed by atoms with Crippen molar-refractivity contribution in [2.45, 2.75) is 6.04 Å². The van der Waals surface area contributed by atoms with Crippen LogP contribution in [0, 0.1) is 0 Å². The fraction of sp³-hybridized carbons (Fsp3) is 0.444. The maximum absolute atomic E-state index is 4.10. The summed E-state index contributed by atoms with van der Waals surface area (Å²) < 4.78 is 0.900. The lowest BCUT2D eigenvalue weighted by Crippen LogP contribution is -2.42. The van der Waals surface area contributed by atoms with Gasteiger partial charge in [-0.2, -0.15) is 0 Å². The van der Waals surface area contributed by atoms with E-state index in [4.69, 9.17) is 0 Å². The van der Waals surface area contributed by atoms with Gasteiger partial charge in [-0.15, -0.1) is 12.4 Å². The van der Waals surface area contributed by atoms with Crippen LogP contribution in [-0.4, -0.2) is 24.6 Å². The highest BCUT2D eigenvalue weighted by atomic mass is 79.9. The first-order chi connectivity index (χ1) is 6.36. The molecule has 0 radical (unpaired) electrons. The minimum Gasteiger partial charge on any atom is -0.314 e. The zero-order chi connectivity index (χ0) is 9.10. The standard InChI is InChI=1S/C9H12BrN3.ClH/c10-9-5-7(1-2-13-9)8-6-11-3-4-12-8;/h1-2,5,8,11-12H,3-4,6H2;1H/t8-;/m0./s1. The summed E-state index contributed by atoms with van der Waals surface area (Å²) >= 11 is 3.37. The second-order valence-electron chi connectivity index (χ2n) is 3.12. The van der Waals surface area contributed by atoms with Gasteiger partial charge in [0.15, 0.2) is 0 Å². The molecular weight excluding hydrogens is 265 g/mol. The normalized spacial score (nSPS) is 21.4. The third kappa shape index (κ3) is 2.92. The summed E-state index contributed by atoms with van der Waals surface area (Å²) in [5, 5.41) is 6.81. The van der Waals surface area contributed by atoms with Gasteiger partial charge in [-0.05, 0) is 33.6 Å². The van der Waals surface area contributed by atoms with E-state index in [1.807, 2.05) is 6.20 Å². The molecule has 1 aromatic rings. The van der Waals surface area contributed by atoms with Crippen molar-refractivity contribution < 1.29 is 0 Å². The Hall–Kier alpha value is -0.160. The van der Waals surface area contributed by atoms with Gasteiger partial charge in [0, 0.05) is 31.9 Å². The Kier molecular flexibility index (Phi) is 4.81. The number of nitrogens with one attached hydrogen (secondary N) is 2. The number of rotatable bonds is 1. The zero-order valence-electron chi connectivity index (χ0n) is 7.66. The Morgan fingerprint density at radius 1 is 1.43 bits per heavy atom. The number of hydrogen-bond donors (Lipinski definition) is 2. The van der Waals surface area contributed by atoms with E-state index in [2.05, 4.69) is 43.7 Å². The van der Waals surface area contributed by atoms with Crippen molar-refractivity contribution in [3.8, 4) is 0 Å². The number of piperazine rings is 1. The Morgan fingerprint density at radius 2 is 2.29 bits per heavy atom. The van der Waals surface area contributed by atoms with Gasteiger partial charge in [0.05, 0.1) is 0 Å². The van der Waals surface area contributed by atoms with Gasteiger partial charge in [0.1, 0.15) is 4.60 Å². The molecule has 0 aromatic carbocycles. The number of halogens is 2. The molecule has 1 saturated heterocycles. The summed E-state index contributed by atoms with van der Waals surface area (Å²) in [7, 11) is 0. The molecule has 14 heavy (non-hydrogen) atoms. The SMILES string of the molecule is Brc1cc([C@@H]2CNCCN2)ccn1.Cl. The fourth-order valence-corrected chi connectivity index (χ4v) is 1.91. The lowest BCUT2D eigenvalue weighted by molar-refractivity contribution is 0.430. The van der Waals surface area contributed by atoms with Crippen LogP contribution < -0.4 is 10.6 Å². The van der Waals surface area contributed by atoms with E-state index in [9.17, 15) is 0 Å². The van der Waals surface area contributed by atoms with Crippen molar-refractivity contribution in [2.24, 2.45) is 0 Å². The number of aromatic nitrogens is 1. The van der Waals surface area contributed by atoms with Crippen LogP contribution in [0.2, 0.25) is 0 Å². The van der Waals surface area contributed by atoms with E-state index in [0.717, 1.165) is 24.2 Å². The molecule has 1 aromatic heterocycles. The average molecular weight is 279 g/mol. The molecule has 1 fully saturated rings. The maximum Gasteiger partial charge on any atom is 0.106 e. The average Bonchev–Trinajstić information content (AvgIpc) is 2.19. The van der Waals surface area contributed by atoms with E-state index in [1.54, 1.807) is 0 Å². The molecule has 3 nitrogen and oxygen atoms in total. The number of pyridine rings is 1. The molecule has 0 aliphatic carbocycles. The third-order valence-electron chi connectivity index (χ3n) is 2.19. The molecule has 0 amide bonds. The van der Waals surface area contributed by atoms with Crippen molar-refractivity contribution in [1.82, 2.24) is 15.6 Å². The largest absolute Gasteiger partial charge is 0.314 e. The topological polar surface area (TPSA) is 37.0 Å². The van der Waals surface area contributed by atoms with Gasteiger partial charge in [0.2, 0.25) is 0 Å². The molecule has 0 spiro atoms. The minimum absolute atomic E-state index is 0. The lowest BCUT2D eigenvalue weighted by Gasteiger charge is -2.24. The first-order valence-electron chi connectivity index (χ1n) is 4.42. The molecule has 0 unspecified atom stereocenters. The first-order valence-corrected chi connectivity index (χ1v) is 5.21. The van der Waals surface area contributed by atoms with E-state index in [0.29, 0.717) is 6.04 Å². The predicted molar refractivity (Wildman–Crippen MR) is 62.8 cm³/mol. The van der Waals surface area contributed by atoms with Crippen molar-refractivity contribution in [1.29, 1.82) is 0 Å². The van der Waals surface area contributed by atoms with Gasteiger partial charge in [-0.3, -0.25) is 0 Å². The van der Waals surface area contributed by atoms with Crippen LogP contribution in [0.25, 0.3) is 0 Å². The summed E-state index contributed by atoms with van der Waals surface area (Å²) in [4.78, 5) is 4.10. The van der Waals surface area contributed by atoms with Crippen molar-refractivity contribution in [3.05, 3.63) is 28.5 Å². The van der Waals surface area contributed by atoms with Gasteiger partial charge in [0.25, 0.3) is 0 Å². The molecule has 1 atom stereocenters. The summed E-state index contributed by atoms with van der Waals surface area (Å²) in [6.07, 6.45) is 1.83. The maximum atomic E-state index is 4.10. The van der Waals surface area contributed by atoms with E-state index >= 15 is 0 Å². The van der Waals surface area contributed by atoms with Crippen molar-refractivity contribution >= 4 is 28.3 Å². The van der Waals surface area contributed by atoms with Crippen LogP contribution in [0.15, 0.2) is 22.9 Å². The molecule has 1 aliphatic rings. The Morgan fingerprint density at radius 3 is 2.93 bits per heavy atom. The fourth-order valence-electron chi connectivity index (χ4n) is 1.52. The Balaban J connectivity index is 0.000000980. The zero-order valence-corrected chi connectivity index (χ0v) is 10.1. The van der Waals surface area contributed by atoms with E-state index in [1.165, 1.54) is 5.56 Å². The highest BCUT2D eigenvalue weighted by Crippen LogP contribution is 2.16. The van der Waals surface area contributed by atoms with E-state index in [-0.39, 0.29) is 12.4 Å². The second-order valence-corrected chi connectivity index (χ2v) is 3.94. The second kappa shape index (κ2) is 5.66. The molecule has 0 bridgehead atoms. The summed E-state index contributed by atoms with van der Waals surface area (Å²) in [5.41, 5.74) is 1.29. The van der Waals surface area contributed by atoms with Crippen LogP contribution in [0.1, 0.15) is 11.6 Å². The Labute approximate surface area is 98.2 Å². The monoisotopic (exact) mass is 277 g/mol. The highest BCUT2D eigenvalue weighted by Gasteiger charge is 2.13. The first kappa shape index (κ1) is 11.9. The molecule has 2 heterocycles. The molecular formula is C9H13BrClN3. The van der Waals surface area contributed by atoms with Crippen LogP contribution in [-0.2, 0) is 0 Å². The smallest absolute Gasteiger partial charge is 0.106 e. The molecule has 0 saturated carbocycles. The highest BCUT2D eigenvalue weighted by molar-refractivity contribution is 9.10. The third-order valence-corrected chi connectivity index (χ3v) is 2.63. The number of nitrogens with zero attached hydrogens (tertiary/aromatic N) is 1. The van der Waals surface area contributed by atoms with Crippen LogP contribution in [0.5, 0.6) is 0 Å². The Bertz CT molecular complexity index is 289. The number of hydrogen-bond acceptors (Lipinski definition) is 3. The van der Waals surface area contributed by atoms with Gasteiger partial charge < -0.3 is 10.6 Å². The van der Waals surface area contributed by atoms with Gasteiger partial charge in [-0.1, -0.05) is 0 Å². The quantitative estimate of drug-likeness (QED) is 0.765. The van der Waals surface area contributed by atoms with Gasteiger partial charge >= 0.3 is 0 Å². The predicted octanol–water partition coefficient (Wildman–Crippen LogP) is 1.50.